The van der Waals surface area contributed by atoms with E-state index in [-0.39, 0.29) is 23.4 Å². The molecule has 0 radical (unpaired) electrons. The first-order valence-electron chi connectivity index (χ1n) is 9.45. The number of hydrogen-bond acceptors (Lipinski definition) is 4. The first-order chi connectivity index (χ1) is 13.5. The van der Waals surface area contributed by atoms with Gasteiger partial charge in [0, 0.05) is 31.1 Å². The van der Waals surface area contributed by atoms with E-state index in [1.54, 1.807) is 29.4 Å². The van der Waals surface area contributed by atoms with Gasteiger partial charge >= 0.3 is 0 Å². The van der Waals surface area contributed by atoms with Crippen LogP contribution in [0.15, 0.2) is 53.4 Å². The first-order valence-corrected chi connectivity index (χ1v) is 10.9. The van der Waals surface area contributed by atoms with Crippen LogP contribution in [0.2, 0.25) is 0 Å². The summed E-state index contributed by atoms with van der Waals surface area (Å²) in [5.74, 6) is 0.454. The topological polar surface area (TPSA) is 75.7 Å². The van der Waals surface area contributed by atoms with E-state index >= 15 is 0 Å². The second-order valence-electron chi connectivity index (χ2n) is 6.87. The maximum absolute atomic E-state index is 13.4. The number of carbonyl (C=O) groups excluding carboxylic acids is 1. The Morgan fingerprint density at radius 3 is 2.50 bits per heavy atom. The summed E-state index contributed by atoms with van der Waals surface area (Å²) in [6.45, 7) is 2.34. The fourth-order valence-electron chi connectivity index (χ4n) is 3.04. The van der Waals surface area contributed by atoms with E-state index in [9.17, 15) is 13.2 Å². The van der Waals surface area contributed by atoms with Crippen LogP contribution in [0.5, 0.6) is 5.75 Å². The van der Waals surface area contributed by atoms with Gasteiger partial charge < -0.3 is 10.1 Å². The second-order valence-corrected chi connectivity index (χ2v) is 8.76. The van der Waals surface area contributed by atoms with Crippen LogP contribution in [0.1, 0.15) is 37.3 Å². The van der Waals surface area contributed by atoms with Crippen molar-refractivity contribution in [2.45, 2.75) is 50.2 Å². The summed E-state index contributed by atoms with van der Waals surface area (Å²) in [6.07, 6.45) is 2.12. The Bertz CT molecular complexity index is 925. The maximum Gasteiger partial charge on any atom is 0.243 e. The summed E-state index contributed by atoms with van der Waals surface area (Å²) in [5.41, 5.74) is 1.60. The average Bonchev–Trinajstić information content (AvgIpc) is 3.55. The molecule has 1 aliphatic carbocycles. The van der Waals surface area contributed by atoms with Crippen molar-refractivity contribution in [3.05, 3.63) is 59.7 Å². The largest absolute Gasteiger partial charge is 0.496 e. The maximum atomic E-state index is 13.4. The standard InChI is InChI=1S/C21H26N2O4S/c1-3-21(24)22-14-17-13-19(11-12-20(17)27-2)28(25,26)23(18-9-10-18)15-16-7-5-4-6-8-16/h4-8,11-13,18H,3,9-10,14-15H2,1-2H3,(H,22,24). The zero-order valence-corrected chi connectivity index (χ0v) is 17.0. The SMILES string of the molecule is CCC(=O)NCc1cc(S(=O)(=O)N(Cc2ccccc2)C2CC2)ccc1OC. The number of benzene rings is 2. The van der Waals surface area contributed by atoms with Crippen LogP contribution in [-0.4, -0.2) is 31.8 Å². The molecule has 0 atom stereocenters. The minimum atomic E-state index is -3.66. The van der Waals surface area contributed by atoms with Crippen LogP contribution in [0.4, 0.5) is 0 Å². The number of hydrogen-bond donors (Lipinski definition) is 1. The Hall–Kier alpha value is -2.38. The number of methoxy groups -OCH3 is 1. The highest BCUT2D eigenvalue weighted by atomic mass is 32.2. The molecule has 6 nitrogen and oxygen atoms in total. The van der Waals surface area contributed by atoms with Gasteiger partial charge in [0.15, 0.2) is 0 Å². The molecule has 1 saturated carbocycles. The zero-order valence-electron chi connectivity index (χ0n) is 16.2. The van der Waals surface area contributed by atoms with Crippen LogP contribution in [0.25, 0.3) is 0 Å². The van der Waals surface area contributed by atoms with Crippen molar-refractivity contribution in [2.75, 3.05) is 7.11 Å². The number of nitrogens with zero attached hydrogens (tertiary/aromatic N) is 1. The molecule has 1 amide bonds. The van der Waals surface area contributed by atoms with E-state index in [1.807, 2.05) is 30.3 Å². The van der Waals surface area contributed by atoms with Crippen molar-refractivity contribution < 1.29 is 17.9 Å². The molecule has 0 bridgehead atoms. The number of sulfonamides is 1. The zero-order chi connectivity index (χ0) is 20.1. The normalized spacial score (nSPS) is 14.1. The molecule has 0 aromatic heterocycles. The number of amides is 1. The van der Waals surface area contributed by atoms with Crippen LogP contribution < -0.4 is 10.1 Å². The molecule has 2 aromatic rings. The van der Waals surface area contributed by atoms with Gasteiger partial charge in [-0.3, -0.25) is 4.79 Å². The molecular formula is C21H26N2O4S. The van der Waals surface area contributed by atoms with Gasteiger partial charge in [-0.05, 0) is 36.6 Å². The second kappa shape index (κ2) is 8.75. The molecular weight excluding hydrogens is 376 g/mol. The van der Waals surface area contributed by atoms with Crippen molar-refractivity contribution in [2.24, 2.45) is 0 Å². The van der Waals surface area contributed by atoms with Crippen LogP contribution >= 0.6 is 0 Å². The molecule has 150 valence electrons. The Labute approximate surface area is 166 Å². The van der Waals surface area contributed by atoms with E-state index in [0.717, 1.165) is 18.4 Å². The smallest absolute Gasteiger partial charge is 0.243 e. The van der Waals surface area contributed by atoms with Crippen molar-refractivity contribution in [1.82, 2.24) is 9.62 Å². The predicted molar refractivity (Wildman–Crippen MR) is 107 cm³/mol. The number of nitrogens with one attached hydrogen (secondary N) is 1. The van der Waals surface area contributed by atoms with Crippen molar-refractivity contribution in [1.29, 1.82) is 0 Å². The van der Waals surface area contributed by atoms with Crippen LogP contribution in [0.3, 0.4) is 0 Å². The third-order valence-corrected chi connectivity index (χ3v) is 6.69. The summed E-state index contributed by atoms with van der Waals surface area (Å²) >= 11 is 0. The third-order valence-electron chi connectivity index (χ3n) is 4.79. The van der Waals surface area contributed by atoms with Crippen molar-refractivity contribution >= 4 is 15.9 Å². The molecule has 1 N–H and O–H groups in total. The lowest BCUT2D eigenvalue weighted by Crippen LogP contribution is -2.32. The molecule has 0 saturated heterocycles. The fourth-order valence-corrected chi connectivity index (χ4v) is 4.77. The van der Waals surface area contributed by atoms with Gasteiger partial charge in [0.25, 0.3) is 0 Å². The molecule has 0 spiro atoms. The van der Waals surface area contributed by atoms with E-state index in [4.69, 9.17) is 4.74 Å². The predicted octanol–water partition coefficient (Wildman–Crippen LogP) is 3.07. The van der Waals surface area contributed by atoms with Crippen molar-refractivity contribution in [3.8, 4) is 5.75 Å². The van der Waals surface area contributed by atoms with Gasteiger partial charge in [0.1, 0.15) is 5.75 Å². The molecule has 7 heteroatoms. The Kier molecular flexibility index (Phi) is 6.36. The van der Waals surface area contributed by atoms with Gasteiger partial charge in [-0.2, -0.15) is 4.31 Å². The highest BCUT2D eigenvalue weighted by Gasteiger charge is 2.38. The van der Waals surface area contributed by atoms with Gasteiger partial charge in [0.2, 0.25) is 15.9 Å². The highest BCUT2D eigenvalue weighted by molar-refractivity contribution is 7.89. The highest BCUT2D eigenvalue weighted by Crippen LogP contribution is 2.34. The van der Waals surface area contributed by atoms with E-state index in [2.05, 4.69) is 5.32 Å². The van der Waals surface area contributed by atoms with Crippen LogP contribution in [0, 0.1) is 0 Å². The molecule has 2 aromatic carbocycles. The summed E-state index contributed by atoms with van der Waals surface area (Å²) in [5, 5.41) is 2.78. The minimum absolute atomic E-state index is 0.0375. The quantitative estimate of drug-likeness (QED) is 0.699. The van der Waals surface area contributed by atoms with Gasteiger partial charge in [-0.15, -0.1) is 0 Å². The lowest BCUT2D eigenvalue weighted by atomic mass is 10.2. The summed E-state index contributed by atoms with van der Waals surface area (Å²) < 4.78 is 33.6. The monoisotopic (exact) mass is 402 g/mol. The lowest BCUT2D eigenvalue weighted by Gasteiger charge is -2.23. The number of ether oxygens (including phenoxy) is 1. The molecule has 0 unspecified atom stereocenters. The number of carbonyl (C=O) groups is 1. The van der Waals surface area contributed by atoms with E-state index in [0.29, 0.717) is 24.3 Å². The number of rotatable bonds is 9. The summed E-state index contributed by atoms with van der Waals surface area (Å²) in [4.78, 5) is 11.8. The van der Waals surface area contributed by atoms with Crippen molar-refractivity contribution in [3.63, 3.8) is 0 Å². The van der Waals surface area contributed by atoms with Gasteiger partial charge in [-0.1, -0.05) is 37.3 Å². The minimum Gasteiger partial charge on any atom is -0.496 e. The molecule has 0 heterocycles. The molecule has 0 aliphatic heterocycles. The Morgan fingerprint density at radius 2 is 1.89 bits per heavy atom. The van der Waals surface area contributed by atoms with E-state index < -0.39 is 10.0 Å². The summed E-state index contributed by atoms with van der Waals surface area (Å²) in [6, 6.07) is 14.5. The average molecular weight is 403 g/mol. The fraction of sp³-hybridized carbons (Fsp3) is 0.381. The Balaban J connectivity index is 1.89. The molecule has 1 aliphatic rings. The summed E-state index contributed by atoms with van der Waals surface area (Å²) in [7, 11) is -2.13. The van der Waals surface area contributed by atoms with Crippen LogP contribution in [-0.2, 0) is 27.9 Å². The lowest BCUT2D eigenvalue weighted by molar-refractivity contribution is -0.120. The third kappa shape index (κ3) is 4.72. The Morgan fingerprint density at radius 1 is 1.18 bits per heavy atom. The molecule has 28 heavy (non-hydrogen) atoms. The molecule has 1 fully saturated rings. The van der Waals surface area contributed by atoms with Gasteiger partial charge in [-0.25, -0.2) is 8.42 Å². The van der Waals surface area contributed by atoms with E-state index in [1.165, 1.54) is 7.11 Å². The molecule has 3 rings (SSSR count). The van der Waals surface area contributed by atoms with Gasteiger partial charge in [0.05, 0.1) is 12.0 Å². The first kappa shape index (κ1) is 20.4.